The van der Waals surface area contributed by atoms with E-state index in [4.69, 9.17) is 9.47 Å². The molecule has 1 unspecified atom stereocenters. The maximum Gasteiger partial charge on any atom is 0.162 e. The topological polar surface area (TPSA) is 50.7 Å². The van der Waals surface area contributed by atoms with Gasteiger partial charge in [-0.25, -0.2) is 0 Å². The van der Waals surface area contributed by atoms with E-state index in [1.165, 1.54) is 0 Å². The minimum atomic E-state index is -0.0244. The number of methoxy groups -OCH3 is 2. The number of rotatable bonds is 5. The van der Waals surface area contributed by atoms with Crippen LogP contribution in [0.15, 0.2) is 36.4 Å². The lowest BCUT2D eigenvalue weighted by molar-refractivity contribution is 0.355. The summed E-state index contributed by atoms with van der Waals surface area (Å²) in [5, 5.41) is 13.4. The Morgan fingerprint density at radius 1 is 1.00 bits per heavy atom. The highest BCUT2D eigenvalue weighted by Crippen LogP contribution is 2.33. The molecular formula is C17H21NO3. The molecule has 0 aliphatic carbocycles. The molecule has 0 bridgehead atoms. The lowest BCUT2D eigenvalue weighted by Crippen LogP contribution is -2.07. The molecule has 0 saturated heterocycles. The van der Waals surface area contributed by atoms with Crippen LogP contribution in [-0.2, 0) is 0 Å². The third-order valence-corrected chi connectivity index (χ3v) is 3.42. The summed E-state index contributed by atoms with van der Waals surface area (Å²) in [5.41, 5.74) is 2.80. The summed E-state index contributed by atoms with van der Waals surface area (Å²) in [7, 11) is 3.22. The van der Waals surface area contributed by atoms with Crippen LogP contribution in [0.2, 0.25) is 0 Å². The maximum absolute atomic E-state index is 10.0. The SMILES string of the molecule is COc1ccc(NC(C)c2ccc(C)cc2O)cc1OC. The van der Waals surface area contributed by atoms with E-state index in [1.807, 2.05) is 44.2 Å². The van der Waals surface area contributed by atoms with E-state index in [9.17, 15) is 5.11 Å². The van der Waals surface area contributed by atoms with Gasteiger partial charge in [0.1, 0.15) is 5.75 Å². The second-order valence-corrected chi connectivity index (χ2v) is 5.00. The van der Waals surface area contributed by atoms with Gasteiger partial charge in [0.2, 0.25) is 0 Å². The van der Waals surface area contributed by atoms with Crippen LogP contribution < -0.4 is 14.8 Å². The van der Waals surface area contributed by atoms with E-state index in [-0.39, 0.29) is 6.04 Å². The first-order chi connectivity index (χ1) is 10.0. The number of hydrogen-bond donors (Lipinski definition) is 2. The van der Waals surface area contributed by atoms with Gasteiger partial charge in [0, 0.05) is 17.3 Å². The molecule has 2 aromatic rings. The molecule has 0 spiro atoms. The van der Waals surface area contributed by atoms with Crippen molar-refractivity contribution in [3.05, 3.63) is 47.5 Å². The van der Waals surface area contributed by atoms with Crippen molar-refractivity contribution in [3.8, 4) is 17.2 Å². The van der Waals surface area contributed by atoms with Gasteiger partial charge in [-0.15, -0.1) is 0 Å². The molecule has 112 valence electrons. The van der Waals surface area contributed by atoms with Crippen molar-refractivity contribution in [2.75, 3.05) is 19.5 Å². The van der Waals surface area contributed by atoms with Gasteiger partial charge in [-0.05, 0) is 37.6 Å². The molecule has 0 saturated carbocycles. The Balaban J connectivity index is 2.21. The lowest BCUT2D eigenvalue weighted by atomic mass is 10.0. The summed E-state index contributed by atoms with van der Waals surface area (Å²) in [6, 6.07) is 11.3. The summed E-state index contributed by atoms with van der Waals surface area (Å²) < 4.78 is 10.5. The Kier molecular flexibility index (Phi) is 4.58. The van der Waals surface area contributed by atoms with Crippen LogP contribution in [0.3, 0.4) is 0 Å². The number of anilines is 1. The third kappa shape index (κ3) is 3.40. The van der Waals surface area contributed by atoms with Gasteiger partial charge < -0.3 is 19.9 Å². The molecule has 2 N–H and O–H groups in total. The Morgan fingerprint density at radius 3 is 2.33 bits per heavy atom. The predicted octanol–water partition coefficient (Wildman–Crippen LogP) is 3.89. The van der Waals surface area contributed by atoms with Gasteiger partial charge in [0.15, 0.2) is 11.5 Å². The summed E-state index contributed by atoms with van der Waals surface area (Å²) in [6.07, 6.45) is 0. The Hall–Kier alpha value is -2.36. The van der Waals surface area contributed by atoms with Gasteiger partial charge in [-0.2, -0.15) is 0 Å². The number of aryl methyl sites for hydroxylation is 1. The second-order valence-electron chi connectivity index (χ2n) is 5.00. The van der Waals surface area contributed by atoms with Crippen molar-refractivity contribution in [3.63, 3.8) is 0 Å². The van der Waals surface area contributed by atoms with Crippen LogP contribution in [0.5, 0.6) is 17.2 Å². The zero-order valence-corrected chi connectivity index (χ0v) is 12.8. The highest BCUT2D eigenvalue weighted by molar-refractivity contribution is 5.56. The number of hydrogen-bond acceptors (Lipinski definition) is 4. The van der Waals surface area contributed by atoms with E-state index in [0.717, 1.165) is 16.8 Å². The molecule has 2 aromatic carbocycles. The Labute approximate surface area is 125 Å². The minimum absolute atomic E-state index is 0.0244. The molecule has 4 heteroatoms. The van der Waals surface area contributed by atoms with Gasteiger partial charge in [0.25, 0.3) is 0 Å². The molecule has 0 amide bonds. The molecular weight excluding hydrogens is 266 g/mol. The van der Waals surface area contributed by atoms with Gasteiger partial charge in [-0.3, -0.25) is 0 Å². The van der Waals surface area contributed by atoms with Crippen LogP contribution >= 0.6 is 0 Å². The summed E-state index contributed by atoms with van der Waals surface area (Å²) in [6.45, 7) is 3.96. The van der Waals surface area contributed by atoms with Gasteiger partial charge in [-0.1, -0.05) is 12.1 Å². The third-order valence-electron chi connectivity index (χ3n) is 3.42. The zero-order valence-electron chi connectivity index (χ0n) is 12.8. The van der Waals surface area contributed by atoms with E-state index >= 15 is 0 Å². The monoisotopic (exact) mass is 287 g/mol. The number of nitrogens with one attached hydrogen (secondary N) is 1. The second kappa shape index (κ2) is 6.39. The average Bonchev–Trinajstić information content (AvgIpc) is 2.46. The number of benzene rings is 2. The van der Waals surface area contributed by atoms with Crippen molar-refractivity contribution in [1.29, 1.82) is 0 Å². The lowest BCUT2D eigenvalue weighted by Gasteiger charge is -2.18. The van der Waals surface area contributed by atoms with Crippen LogP contribution in [-0.4, -0.2) is 19.3 Å². The number of phenols is 1. The van der Waals surface area contributed by atoms with Crippen LogP contribution in [0.1, 0.15) is 24.1 Å². The molecule has 0 aliphatic rings. The Bertz CT molecular complexity index is 625. The van der Waals surface area contributed by atoms with E-state index in [0.29, 0.717) is 17.2 Å². The fraction of sp³-hybridized carbons (Fsp3) is 0.294. The smallest absolute Gasteiger partial charge is 0.162 e. The number of ether oxygens (including phenoxy) is 2. The molecule has 0 aromatic heterocycles. The quantitative estimate of drug-likeness (QED) is 0.876. The normalized spacial score (nSPS) is 11.8. The summed E-state index contributed by atoms with van der Waals surface area (Å²) in [5.74, 6) is 1.66. The first-order valence-corrected chi connectivity index (χ1v) is 6.83. The summed E-state index contributed by atoms with van der Waals surface area (Å²) >= 11 is 0. The van der Waals surface area contributed by atoms with Crippen molar-refractivity contribution < 1.29 is 14.6 Å². The largest absolute Gasteiger partial charge is 0.508 e. The fourth-order valence-electron chi connectivity index (χ4n) is 2.27. The van der Waals surface area contributed by atoms with Crippen molar-refractivity contribution in [1.82, 2.24) is 0 Å². The van der Waals surface area contributed by atoms with Gasteiger partial charge >= 0.3 is 0 Å². The van der Waals surface area contributed by atoms with Crippen LogP contribution in [0.4, 0.5) is 5.69 Å². The average molecular weight is 287 g/mol. The van der Waals surface area contributed by atoms with Gasteiger partial charge in [0.05, 0.1) is 20.3 Å². The molecule has 1 atom stereocenters. The number of aromatic hydroxyl groups is 1. The highest BCUT2D eigenvalue weighted by atomic mass is 16.5. The Morgan fingerprint density at radius 2 is 1.71 bits per heavy atom. The van der Waals surface area contributed by atoms with E-state index < -0.39 is 0 Å². The molecule has 0 heterocycles. The highest BCUT2D eigenvalue weighted by Gasteiger charge is 2.12. The summed E-state index contributed by atoms with van der Waals surface area (Å²) in [4.78, 5) is 0. The molecule has 2 rings (SSSR count). The maximum atomic E-state index is 10.0. The molecule has 21 heavy (non-hydrogen) atoms. The number of phenolic OH excluding ortho intramolecular Hbond substituents is 1. The molecule has 0 aliphatic heterocycles. The fourth-order valence-corrected chi connectivity index (χ4v) is 2.27. The zero-order chi connectivity index (χ0) is 15.4. The van der Waals surface area contributed by atoms with Crippen molar-refractivity contribution in [2.24, 2.45) is 0 Å². The standard InChI is InChI=1S/C17H21NO3/c1-11-5-7-14(15(19)9-11)12(2)18-13-6-8-16(20-3)17(10-13)21-4/h5-10,12,18-19H,1-4H3. The van der Waals surface area contributed by atoms with Crippen molar-refractivity contribution in [2.45, 2.75) is 19.9 Å². The van der Waals surface area contributed by atoms with Crippen molar-refractivity contribution >= 4 is 5.69 Å². The van der Waals surface area contributed by atoms with Crippen LogP contribution in [0, 0.1) is 6.92 Å². The first-order valence-electron chi connectivity index (χ1n) is 6.83. The molecule has 0 fully saturated rings. The first kappa shape index (κ1) is 15.0. The van der Waals surface area contributed by atoms with E-state index in [1.54, 1.807) is 20.3 Å². The minimum Gasteiger partial charge on any atom is -0.508 e. The molecule has 0 radical (unpaired) electrons. The predicted molar refractivity (Wildman–Crippen MR) is 84.4 cm³/mol. The van der Waals surface area contributed by atoms with E-state index in [2.05, 4.69) is 5.32 Å². The molecule has 4 nitrogen and oxygen atoms in total. The van der Waals surface area contributed by atoms with Crippen LogP contribution in [0.25, 0.3) is 0 Å².